The van der Waals surface area contributed by atoms with Crippen molar-refractivity contribution in [2.45, 2.75) is 54.0 Å². The number of anilines is 2. The van der Waals surface area contributed by atoms with Gasteiger partial charge in [-0.2, -0.15) is 0 Å². The third-order valence-electron chi connectivity index (χ3n) is 6.94. The molecule has 3 N–H and O–H groups in total. The molecule has 202 valence electrons. The van der Waals surface area contributed by atoms with E-state index in [4.69, 9.17) is 12.2 Å². The maximum Gasteiger partial charge on any atom is 0.457 e. The Bertz CT molecular complexity index is 1390. The maximum atomic E-state index is 13.8. The van der Waals surface area contributed by atoms with Gasteiger partial charge in [0.15, 0.2) is 5.11 Å². The highest BCUT2D eigenvalue weighted by Gasteiger charge is 2.37. The molecule has 3 aromatic rings. The predicted octanol–water partition coefficient (Wildman–Crippen LogP) is 4.82. The summed E-state index contributed by atoms with van der Waals surface area (Å²) in [7, 11) is -1.01. The lowest BCUT2D eigenvalue weighted by atomic mass is 9.69. The molecule has 7 nitrogen and oxygen atoms in total. The van der Waals surface area contributed by atoms with Gasteiger partial charge in [0.1, 0.15) is 0 Å². The number of amides is 2. The van der Waals surface area contributed by atoms with Crippen molar-refractivity contribution in [2.24, 2.45) is 5.41 Å². The molecule has 4 rings (SSSR count). The van der Waals surface area contributed by atoms with Crippen molar-refractivity contribution in [3.8, 4) is 0 Å². The standard InChI is InChI=1S/C30H35BN4O3S/c1-7-26(30(4,5)6)35(28(37)22-16-19(2)15-20(3)17-22)33-27(36)21-13-14-24-25(18-21)32-29(39)34(31(24)38)23-11-9-8-10-12-23/h8-18,26,38H,7H2,1-6H3,(H,32,39)(H,33,36)/t26-/m1/s1. The lowest BCUT2D eigenvalue weighted by molar-refractivity contribution is 0.0285. The number of aryl methyl sites for hydroxylation is 2. The van der Waals surface area contributed by atoms with Crippen LogP contribution in [0, 0.1) is 19.3 Å². The van der Waals surface area contributed by atoms with Gasteiger partial charge >= 0.3 is 7.05 Å². The summed E-state index contributed by atoms with van der Waals surface area (Å²) in [4.78, 5) is 29.0. The quantitative estimate of drug-likeness (QED) is 0.244. The summed E-state index contributed by atoms with van der Waals surface area (Å²) in [6.07, 6.45) is 0.655. The summed E-state index contributed by atoms with van der Waals surface area (Å²) >= 11 is 5.54. The van der Waals surface area contributed by atoms with E-state index in [0.29, 0.717) is 33.8 Å². The van der Waals surface area contributed by atoms with Crippen LogP contribution in [-0.2, 0) is 0 Å². The number of nitrogens with one attached hydrogen (secondary N) is 2. The zero-order valence-electron chi connectivity index (χ0n) is 23.3. The zero-order chi connectivity index (χ0) is 28.5. The molecule has 0 saturated heterocycles. The van der Waals surface area contributed by atoms with Gasteiger partial charge in [0.2, 0.25) is 0 Å². The van der Waals surface area contributed by atoms with Crippen LogP contribution < -0.4 is 21.0 Å². The van der Waals surface area contributed by atoms with Crippen LogP contribution in [-0.4, -0.2) is 40.1 Å². The van der Waals surface area contributed by atoms with Crippen molar-refractivity contribution >= 4 is 53.0 Å². The number of fused-ring (bicyclic) bond motifs is 1. The van der Waals surface area contributed by atoms with Gasteiger partial charge in [0.25, 0.3) is 11.8 Å². The Morgan fingerprint density at radius 2 is 1.67 bits per heavy atom. The summed E-state index contributed by atoms with van der Waals surface area (Å²) < 4.78 is 0. The predicted molar refractivity (Wildman–Crippen MR) is 162 cm³/mol. The number of hydrogen-bond acceptors (Lipinski definition) is 4. The van der Waals surface area contributed by atoms with Crippen molar-refractivity contribution in [3.63, 3.8) is 0 Å². The Morgan fingerprint density at radius 1 is 1.03 bits per heavy atom. The molecular weight excluding hydrogens is 507 g/mol. The number of thiocarbonyl (C=S) groups is 1. The van der Waals surface area contributed by atoms with E-state index in [-0.39, 0.29) is 17.4 Å². The number of para-hydroxylation sites is 1. The van der Waals surface area contributed by atoms with Crippen molar-refractivity contribution in [1.82, 2.24) is 10.4 Å². The number of carbonyl (C=O) groups excluding carboxylic acids is 2. The van der Waals surface area contributed by atoms with Crippen LogP contribution in [0.25, 0.3) is 0 Å². The molecule has 0 unspecified atom stereocenters. The smallest absolute Gasteiger partial charge is 0.428 e. The summed E-state index contributed by atoms with van der Waals surface area (Å²) in [5, 5.41) is 16.0. The monoisotopic (exact) mass is 542 g/mol. The summed E-state index contributed by atoms with van der Waals surface area (Å²) in [5.41, 5.74) is 7.33. The van der Waals surface area contributed by atoms with E-state index in [1.54, 1.807) is 23.0 Å². The molecule has 0 saturated carbocycles. The normalized spacial score (nSPS) is 13.9. The Kier molecular flexibility index (Phi) is 8.13. The summed E-state index contributed by atoms with van der Waals surface area (Å²) in [5.74, 6) is -0.686. The molecular formula is C30H35BN4O3S. The number of hydrogen-bond donors (Lipinski definition) is 3. The SMILES string of the molecule is CC[C@@H](N(NC(=O)c1ccc2c(c1)NC(=S)N(c1ccccc1)B2O)C(=O)c1cc(C)cc(C)c1)C(C)(C)C. The Balaban J connectivity index is 1.65. The van der Waals surface area contributed by atoms with Crippen LogP contribution in [0.15, 0.2) is 66.7 Å². The average Bonchev–Trinajstić information content (AvgIpc) is 2.87. The third kappa shape index (κ3) is 5.99. The first kappa shape index (κ1) is 28.3. The molecule has 0 aromatic heterocycles. The minimum atomic E-state index is -1.01. The fourth-order valence-electron chi connectivity index (χ4n) is 5.17. The number of hydrazine groups is 1. The minimum Gasteiger partial charge on any atom is -0.428 e. The number of carbonyl (C=O) groups is 2. The Hall–Kier alpha value is -3.69. The van der Waals surface area contributed by atoms with Crippen molar-refractivity contribution in [2.75, 3.05) is 10.1 Å². The largest absolute Gasteiger partial charge is 0.457 e. The van der Waals surface area contributed by atoms with Crippen molar-refractivity contribution in [3.05, 3.63) is 89.0 Å². The maximum absolute atomic E-state index is 13.8. The van der Waals surface area contributed by atoms with Crippen LogP contribution in [0.5, 0.6) is 0 Å². The van der Waals surface area contributed by atoms with E-state index in [9.17, 15) is 14.6 Å². The lowest BCUT2D eigenvalue weighted by Gasteiger charge is -2.39. The van der Waals surface area contributed by atoms with Gasteiger partial charge in [-0.1, -0.05) is 69.2 Å². The molecule has 2 amide bonds. The molecule has 0 spiro atoms. The second-order valence-corrected chi connectivity index (χ2v) is 11.5. The molecule has 1 aliphatic rings. The summed E-state index contributed by atoms with van der Waals surface area (Å²) in [6, 6.07) is 19.8. The van der Waals surface area contributed by atoms with Crippen molar-refractivity contribution in [1.29, 1.82) is 0 Å². The van der Waals surface area contributed by atoms with E-state index in [0.717, 1.165) is 16.8 Å². The molecule has 9 heteroatoms. The first-order chi connectivity index (χ1) is 18.4. The minimum absolute atomic E-state index is 0.251. The van der Waals surface area contributed by atoms with E-state index in [1.807, 2.05) is 69.3 Å². The van der Waals surface area contributed by atoms with Gasteiger partial charge in [0.05, 0.1) is 6.04 Å². The van der Waals surface area contributed by atoms with E-state index in [1.165, 1.54) is 5.01 Å². The molecule has 0 bridgehead atoms. The third-order valence-corrected chi connectivity index (χ3v) is 7.24. The van der Waals surface area contributed by atoms with Gasteiger partial charge < -0.3 is 15.2 Å². The highest BCUT2D eigenvalue weighted by Crippen LogP contribution is 2.28. The average molecular weight is 543 g/mol. The molecule has 1 aliphatic heterocycles. The lowest BCUT2D eigenvalue weighted by Crippen LogP contribution is -2.58. The van der Waals surface area contributed by atoms with Crippen LogP contribution in [0.3, 0.4) is 0 Å². The van der Waals surface area contributed by atoms with Gasteiger partial charge in [-0.3, -0.25) is 15.0 Å². The fraction of sp³-hybridized carbons (Fsp3) is 0.300. The number of benzene rings is 3. The van der Waals surface area contributed by atoms with E-state index < -0.39 is 13.0 Å². The molecule has 1 atom stereocenters. The van der Waals surface area contributed by atoms with E-state index >= 15 is 0 Å². The van der Waals surface area contributed by atoms with Gasteiger partial charge in [-0.05, 0) is 79.8 Å². The van der Waals surface area contributed by atoms with Crippen LogP contribution in [0.2, 0.25) is 0 Å². The topological polar surface area (TPSA) is 84.9 Å². The van der Waals surface area contributed by atoms with Crippen LogP contribution in [0.4, 0.5) is 11.4 Å². The molecule has 0 fully saturated rings. The number of rotatable bonds is 5. The fourth-order valence-corrected chi connectivity index (χ4v) is 5.48. The highest BCUT2D eigenvalue weighted by molar-refractivity contribution is 7.81. The number of nitrogens with zero attached hydrogens (tertiary/aromatic N) is 2. The van der Waals surface area contributed by atoms with Gasteiger partial charge in [-0.15, -0.1) is 0 Å². The van der Waals surface area contributed by atoms with Crippen LogP contribution in [0.1, 0.15) is 66.0 Å². The molecule has 0 aliphatic carbocycles. The summed E-state index contributed by atoms with van der Waals surface area (Å²) in [6.45, 7) is 12.1. The zero-order valence-corrected chi connectivity index (χ0v) is 24.1. The molecule has 1 heterocycles. The Labute approximate surface area is 236 Å². The molecule has 39 heavy (non-hydrogen) atoms. The van der Waals surface area contributed by atoms with Crippen LogP contribution >= 0.6 is 12.2 Å². The Morgan fingerprint density at radius 3 is 2.26 bits per heavy atom. The molecule has 3 aromatic carbocycles. The first-order valence-electron chi connectivity index (χ1n) is 13.1. The molecule has 0 radical (unpaired) electrons. The first-order valence-corrected chi connectivity index (χ1v) is 13.5. The van der Waals surface area contributed by atoms with Crippen molar-refractivity contribution < 1.29 is 14.6 Å². The van der Waals surface area contributed by atoms with Gasteiger partial charge in [0, 0.05) is 22.5 Å². The van der Waals surface area contributed by atoms with E-state index in [2.05, 4.69) is 31.5 Å². The second-order valence-electron chi connectivity index (χ2n) is 11.1. The van der Waals surface area contributed by atoms with Gasteiger partial charge in [-0.25, -0.2) is 5.01 Å². The highest BCUT2D eigenvalue weighted by atomic mass is 32.1. The second kappa shape index (κ2) is 11.2.